The van der Waals surface area contributed by atoms with E-state index in [-0.39, 0.29) is 25.9 Å². The number of aliphatic carboxylic acids is 1. The lowest BCUT2D eigenvalue weighted by Gasteiger charge is -2.40. The largest absolute Gasteiger partial charge is 0.479 e. The fourth-order valence-corrected chi connectivity index (χ4v) is 7.67. The van der Waals surface area contributed by atoms with Gasteiger partial charge in [0.05, 0.1) is 6.61 Å². The Morgan fingerprint density at radius 3 is 1.46 bits per heavy atom. The van der Waals surface area contributed by atoms with E-state index < -0.39 is 67.3 Å². The first kappa shape index (κ1) is 61.7. The van der Waals surface area contributed by atoms with Gasteiger partial charge in [-0.05, 0) is 89.9 Å². The number of ether oxygens (including phenoxy) is 5. The first-order chi connectivity index (χ1) is 32.6. The maximum Gasteiger partial charge on any atom is 0.335 e. The van der Waals surface area contributed by atoms with Gasteiger partial charge in [-0.3, -0.25) is 14.4 Å². The molecule has 0 radical (unpaired) electrons. The van der Waals surface area contributed by atoms with Crippen molar-refractivity contribution in [2.75, 3.05) is 13.2 Å². The van der Waals surface area contributed by atoms with Crippen LogP contribution in [0.2, 0.25) is 0 Å². The number of carbonyl (C=O) groups is 4. The molecular formula is C55H94O12. The number of aliphatic hydroxyl groups excluding tert-OH is 2. The molecule has 1 heterocycles. The Bertz CT molecular complexity index is 1360. The summed E-state index contributed by atoms with van der Waals surface area (Å²) in [4.78, 5) is 50.8. The van der Waals surface area contributed by atoms with Crippen molar-refractivity contribution in [1.29, 1.82) is 0 Å². The lowest BCUT2D eigenvalue weighted by Crippen LogP contribution is -2.61. The number of esters is 3. The third-order valence-corrected chi connectivity index (χ3v) is 11.8. The van der Waals surface area contributed by atoms with Crippen molar-refractivity contribution in [3.63, 3.8) is 0 Å². The van der Waals surface area contributed by atoms with Gasteiger partial charge in [-0.15, -0.1) is 0 Å². The van der Waals surface area contributed by atoms with Gasteiger partial charge in [0.25, 0.3) is 0 Å². The number of carboxylic acid groups (broad SMARTS) is 1. The van der Waals surface area contributed by atoms with Crippen LogP contribution in [-0.2, 0) is 42.9 Å². The summed E-state index contributed by atoms with van der Waals surface area (Å²) in [6.45, 7) is 5.82. The monoisotopic (exact) mass is 947 g/mol. The zero-order valence-corrected chi connectivity index (χ0v) is 42.1. The Hall–Kier alpha value is -3.32. The van der Waals surface area contributed by atoms with E-state index in [1.807, 2.05) is 0 Å². The van der Waals surface area contributed by atoms with Gasteiger partial charge in [-0.2, -0.15) is 0 Å². The number of rotatable bonds is 44. The van der Waals surface area contributed by atoms with Gasteiger partial charge in [0.1, 0.15) is 18.8 Å². The predicted octanol–water partition coefficient (Wildman–Crippen LogP) is 12.7. The predicted molar refractivity (Wildman–Crippen MR) is 266 cm³/mol. The van der Waals surface area contributed by atoms with Crippen LogP contribution in [0, 0.1) is 0 Å². The summed E-state index contributed by atoms with van der Waals surface area (Å²) < 4.78 is 28.3. The lowest BCUT2D eigenvalue weighted by molar-refractivity contribution is -0.301. The Morgan fingerprint density at radius 2 is 0.940 bits per heavy atom. The van der Waals surface area contributed by atoms with Crippen LogP contribution in [-0.4, -0.2) is 89.2 Å². The van der Waals surface area contributed by atoms with E-state index in [4.69, 9.17) is 23.7 Å². The molecule has 3 N–H and O–H groups in total. The quantitative estimate of drug-likeness (QED) is 0.0228. The summed E-state index contributed by atoms with van der Waals surface area (Å²) in [5.41, 5.74) is 0. The summed E-state index contributed by atoms with van der Waals surface area (Å²) >= 11 is 0. The van der Waals surface area contributed by atoms with Crippen molar-refractivity contribution in [3.05, 3.63) is 48.6 Å². The zero-order chi connectivity index (χ0) is 49.0. The second-order valence-electron chi connectivity index (χ2n) is 18.1. The van der Waals surface area contributed by atoms with E-state index in [2.05, 4.69) is 69.4 Å². The molecule has 0 aliphatic carbocycles. The van der Waals surface area contributed by atoms with E-state index >= 15 is 0 Å². The minimum atomic E-state index is -1.91. The van der Waals surface area contributed by atoms with Crippen molar-refractivity contribution in [2.24, 2.45) is 0 Å². The Labute approximate surface area is 405 Å². The number of unbranched alkanes of at least 4 members (excludes halogenated alkanes) is 22. The maximum atomic E-state index is 13.1. The summed E-state index contributed by atoms with van der Waals surface area (Å²) in [5, 5.41) is 31.3. The minimum Gasteiger partial charge on any atom is -0.479 e. The van der Waals surface area contributed by atoms with Crippen LogP contribution < -0.4 is 0 Å². The van der Waals surface area contributed by atoms with Gasteiger partial charge < -0.3 is 39.0 Å². The molecule has 6 atom stereocenters. The maximum absolute atomic E-state index is 13.1. The smallest absolute Gasteiger partial charge is 0.335 e. The van der Waals surface area contributed by atoms with Gasteiger partial charge in [-0.1, -0.05) is 166 Å². The molecule has 1 saturated heterocycles. The molecule has 0 saturated carbocycles. The van der Waals surface area contributed by atoms with Gasteiger partial charge in [0.15, 0.2) is 24.6 Å². The van der Waals surface area contributed by atoms with Crippen molar-refractivity contribution < 1.29 is 58.2 Å². The fourth-order valence-electron chi connectivity index (χ4n) is 7.67. The summed E-state index contributed by atoms with van der Waals surface area (Å²) in [6.07, 6.45) is 38.1. The zero-order valence-electron chi connectivity index (χ0n) is 42.1. The molecule has 0 aromatic heterocycles. The third kappa shape index (κ3) is 34.6. The van der Waals surface area contributed by atoms with Crippen LogP contribution in [0.4, 0.5) is 0 Å². The van der Waals surface area contributed by atoms with E-state index in [1.54, 1.807) is 0 Å². The SMILES string of the molecule is CCC/C=C\C/C=C\CCCCCCCC(=O)OCC(COC1OC(C(=O)O)C(O)C(O)C1OC(=O)CCCCCCC/C=C\CCCC)OC(=O)CCCCCCC/C=C\CCCCCC. The Balaban J connectivity index is 2.75. The van der Waals surface area contributed by atoms with Gasteiger partial charge >= 0.3 is 23.9 Å². The third-order valence-electron chi connectivity index (χ3n) is 11.8. The van der Waals surface area contributed by atoms with Gasteiger partial charge in [-0.25, -0.2) is 4.79 Å². The average molecular weight is 947 g/mol. The van der Waals surface area contributed by atoms with Crippen molar-refractivity contribution in [2.45, 2.75) is 263 Å². The molecule has 386 valence electrons. The molecular weight excluding hydrogens is 853 g/mol. The molecule has 12 nitrogen and oxygen atoms in total. The molecule has 67 heavy (non-hydrogen) atoms. The second kappa shape index (κ2) is 43.9. The molecule has 1 aliphatic heterocycles. The Morgan fingerprint density at radius 1 is 0.493 bits per heavy atom. The summed E-state index contributed by atoms with van der Waals surface area (Å²) in [6, 6.07) is 0. The highest BCUT2D eigenvalue weighted by molar-refractivity contribution is 5.74. The molecule has 0 amide bonds. The van der Waals surface area contributed by atoms with Crippen molar-refractivity contribution in [3.8, 4) is 0 Å². The number of hydrogen-bond acceptors (Lipinski definition) is 11. The molecule has 0 aromatic rings. The first-order valence-electron chi connectivity index (χ1n) is 26.6. The summed E-state index contributed by atoms with van der Waals surface area (Å²) in [7, 11) is 0. The number of hydrogen-bond donors (Lipinski definition) is 3. The number of carbonyl (C=O) groups excluding carboxylic acids is 3. The number of carboxylic acids is 1. The molecule has 1 fully saturated rings. The molecule has 12 heteroatoms. The molecule has 0 bridgehead atoms. The Kier molecular flexibility index (Phi) is 40.4. The summed E-state index contributed by atoms with van der Waals surface area (Å²) in [5.74, 6) is -3.16. The van der Waals surface area contributed by atoms with E-state index in [9.17, 15) is 34.5 Å². The van der Waals surface area contributed by atoms with Gasteiger partial charge in [0, 0.05) is 19.3 Å². The molecule has 0 spiro atoms. The topological polar surface area (TPSA) is 175 Å². The van der Waals surface area contributed by atoms with Gasteiger partial charge in [0.2, 0.25) is 0 Å². The second-order valence-corrected chi connectivity index (χ2v) is 18.1. The number of allylic oxidation sites excluding steroid dienone is 8. The van der Waals surface area contributed by atoms with Crippen LogP contribution in [0.15, 0.2) is 48.6 Å². The highest BCUT2D eigenvalue weighted by Crippen LogP contribution is 2.26. The minimum absolute atomic E-state index is 0.0480. The van der Waals surface area contributed by atoms with Crippen LogP contribution in [0.25, 0.3) is 0 Å². The molecule has 1 aliphatic rings. The molecule has 6 unspecified atom stereocenters. The van der Waals surface area contributed by atoms with E-state index in [0.717, 1.165) is 128 Å². The molecule has 0 aromatic carbocycles. The number of aliphatic hydroxyl groups is 2. The van der Waals surface area contributed by atoms with E-state index in [1.165, 1.54) is 38.5 Å². The normalized spacial score (nSPS) is 19.2. The van der Waals surface area contributed by atoms with Crippen LogP contribution in [0.5, 0.6) is 0 Å². The van der Waals surface area contributed by atoms with Crippen molar-refractivity contribution >= 4 is 23.9 Å². The fraction of sp³-hybridized carbons (Fsp3) is 0.782. The van der Waals surface area contributed by atoms with Crippen LogP contribution in [0.1, 0.15) is 226 Å². The highest BCUT2D eigenvalue weighted by atomic mass is 16.7. The lowest BCUT2D eigenvalue weighted by atomic mass is 9.98. The van der Waals surface area contributed by atoms with Crippen LogP contribution in [0.3, 0.4) is 0 Å². The van der Waals surface area contributed by atoms with Crippen LogP contribution >= 0.6 is 0 Å². The standard InChI is InChI=1S/C55H94O12/c1-4-7-10-13-16-19-22-24-27-29-32-35-38-41-47(56)63-44-46(65-48(57)42-39-36-33-31-28-25-23-20-17-14-11-8-5-2)45-64-55-53(51(60)50(59)52(67-55)54(61)62)66-49(58)43-40-37-34-30-26-21-18-15-12-9-6-3/h10,13,15,18-20,22-23,46,50-53,55,59-60H,4-9,11-12,14,16-17,21,24-45H2,1-3H3,(H,61,62)/b13-10-,18-15-,22-19-,23-20-. The average Bonchev–Trinajstić information content (AvgIpc) is 3.31. The van der Waals surface area contributed by atoms with Crippen molar-refractivity contribution in [1.82, 2.24) is 0 Å². The van der Waals surface area contributed by atoms with E-state index in [0.29, 0.717) is 19.3 Å². The highest BCUT2D eigenvalue weighted by Gasteiger charge is 2.50. The first-order valence-corrected chi connectivity index (χ1v) is 26.6. The molecule has 1 rings (SSSR count).